The number of benzene rings is 1. The number of carbonyl (C=O) groups excluding carboxylic acids is 2. The van der Waals surface area contributed by atoms with Crippen LogP contribution in [0.4, 0.5) is 5.69 Å². The second-order valence-corrected chi connectivity index (χ2v) is 4.41. The van der Waals surface area contributed by atoms with E-state index in [2.05, 4.69) is 10.6 Å². The molecule has 0 heterocycles. The monoisotopic (exact) mass is 285 g/mol. The molecule has 1 rings (SSSR count). The van der Waals surface area contributed by atoms with Crippen molar-refractivity contribution in [1.29, 1.82) is 0 Å². The predicted octanol–water partition coefficient (Wildman–Crippen LogP) is 1.45. The number of nitrogens with two attached hydrogens (primary N) is 1. The van der Waals surface area contributed by atoms with E-state index in [-0.39, 0.29) is 36.8 Å². The van der Waals surface area contributed by atoms with Gasteiger partial charge in [-0.3, -0.25) is 9.59 Å². The highest BCUT2D eigenvalue weighted by Crippen LogP contribution is 2.15. The molecule has 106 valence electrons. The van der Waals surface area contributed by atoms with Gasteiger partial charge in [0.25, 0.3) is 5.91 Å². The van der Waals surface area contributed by atoms with Gasteiger partial charge in [0.2, 0.25) is 5.91 Å². The van der Waals surface area contributed by atoms with E-state index in [9.17, 15) is 9.59 Å². The number of anilines is 1. The summed E-state index contributed by atoms with van der Waals surface area (Å²) in [5, 5.41) is 5.47. The molecule has 0 aliphatic carbocycles. The van der Waals surface area contributed by atoms with E-state index >= 15 is 0 Å². The van der Waals surface area contributed by atoms with Crippen molar-refractivity contribution in [3.63, 3.8) is 0 Å². The minimum atomic E-state index is -0.256. The summed E-state index contributed by atoms with van der Waals surface area (Å²) in [6.45, 7) is 5.58. The minimum absolute atomic E-state index is 0. The second-order valence-electron chi connectivity index (χ2n) is 4.41. The van der Waals surface area contributed by atoms with Gasteiger partial charge >= 0.3 is 0 Å². The van der Waals surface area contributed by atoms with Gasteiger partial charge in [0.15, 0.2) is 0 Å². The fourth-order valence-electron chi connectivity index (χ4n) is 1.55. The lowest BCUT2D eigenvalue weighted by molar-refractivity contribution is -0.114. The summed E-state index contributed by atoms with van der Waals surface area (Å²) in [5.74, 6) is -0.368. The molecule has 0 fully saturated rings. The van der Waals surface area contributed by atoms with E-state index in [4.69, 9.17) is 5.73 Å². The Morgan fingerprint density at radius 2 is 1.95 bits per heavy atom. The third-order valence-electron chi connectivity index (χ3n) is 2.36. The van der Waals surface area contributed by atoms with Crippen molar-refractivity contribution in [2.75, 3.05) is 11.9 Å². The molecule has 0 aliphatic heterocycles. The molecular formula is C13H20ClN3O2. The summed E-state index contributed by atoms with van der Waals surface area (Å²) in [6, 6.07) is 5.23. The van der Waals surface area contributed by atoms with Gasteiger partial charge in [-0.15, -0.1) is 12.4 Å². The van der Waals surface area contributed by atoms with Gasteiger partial charge in [-0.1, -0.05) is 0 Å². The highest BCUT2D eigenvalue weighted by atomic mass is 35.5. The van der Waals surface area contributed by atoms with Crippen molar-refractivity contribution >= 4 is 29.9 Å². The first-order chi connectivity index (χ1) is 8.43. The summed E-state index contributed by atoms with van der Waals surface area (Å²) in [4.78, 5) is 23.0. The molecule has 19 heavy (non-hydrogen) atoms. The largest absolute Gasteiger partial charge is 0.350 e. The van der Waals surface area contributed by atoms with Crippen LogP contribution < -0.4 is 16.4 Å². The van der Waals surface area contributed by atoms with Gasteiger partial charge in [0, 0.05) is 17.3 Å². The molecule has 0 unspecified atom stereocenters. The molecule has 0 bridgehead atoms. The lowest BCUT2D eigenvalue weighted by Crippen LogP contribution is -2.30. The zero-order valence-corrected chi connectivity index (χ0v) is 12.1. The van der Waals surface area contributed by atoms with Gasteiger partial charge in [-0.25, -0.2) is 0 Å². The van der Waals surface area contributed by atoms with Crippen molar-refractivity contribution in [1.82, 2.24) is 5.32 Å². The van der Waals surface area contributed by atoms with Gasteiger partial charge in [-0.2, -0.15) is 0 Å². The van der Waals surface area contributed by atoms with Crippen molar-refractivity contribution in [3.8, 4) is 0 Å². The highest BCUT2D eigenvalue weighted by Gasteiger charge is 2.10. The molecule has 0 saturated carbocycles. The van der Waals surface area contributed by atoms with Crippen LogP contribution in [0.1, 0.15) is 29.8 Å². The van der Waals surface area contributed by atoms with Crippen molar-refractivity contribution < 1.29 is 9.59 Å². The van der Waals surface area contributed by atoms with Crippen LogP contribution in [0.5, 0.6) is 0 Å². The number of halogens is 1. The fourth-order valence-corrected chi connectivity index (χ4v) is 1.55. The summed E-state index contributed by atoms with van der Waals surface area (Å²) in [6.07, 6.45) is 0. The van der Waals surface area contributed by atoms with Crippen LogP contribution in [-0.2, 0) is 4.79 Å². The Balaban J connectivity index is 0.00000324. The Morgan fingerprint density at radius 3 is 2.42 bits per heavy atom. The number of aryl methyl sites for hydroxylation is 1. The van der Waals surface area contributed by atoms with Crippen LogP contribution >= 0.6 is 12.4 Å². The average molecular weight is 286 g/mol. The first kappa shape index (κ1) is 17.4. The molecule has 0 spiro atoms. The zero-order valence-electron chi connectivity index (χ0n) is 11.3. The lowest BCUT2D eigenvalue weighted by atomic mass is 10.1. The highest BCUT2D eigenvalue weighted by molar-refractivity contribution is 5.97. The lowest BCUT2D eigenvalue weighted by Gasteiger charge is -2.12. The molecule has 2 amide bonds. The Bertz CT molecular complexity index is 461. The number of rotatable bonds is 4. The third kappa shape index (κ3) is 5.28. The standard InChI is InChI=1S/C13H19N3O2.ClH/c1-8(2)15-13(18)11-5-4-10(6-9(11)3)16-12(17)7-14;/h4-6,8H,7,14H2,1-3H3,(H,15,18)(H,16,17);1H. The van der Waals surface area contributed by atoms with Crippen LogP contribution in [0.15, 0.2) is 18.2 Å². The number of hydrogen-bond acceptors (Lipinski definition) is 3. The molecule has 0 aliphatic rings. The average Bonchev–Trinajstić information content (AvgIpc) is 2.27. The Kier molecular flexibility index (Phi) is 7.11. The number of nitrogens with one attached hydrogen (secondary N) is 2. The van der Waals surface area contributed by atoms with Gasteiger partial charge in [0.1, 0.15) is 0 Å². The van der Waals surface area contributed by atoms with E-state index in [0.29, 0.717) is 11.3 Å². The summed E-state index contributed by atoms with van der Waals surface area (Å²) >= 11 is 0. The smallest absolute Gasteiger partial charge is 0.251 e. The minimum Gasteiger partial charge on any atom is -0.350 e. The van der Waals surface area contributed by atoms with Crippen molar-refractivity contribution in [3.05, 3.63) is 29.3 Å². The van der Waals surface area contributed by atoms with Crippen LogP contribution in [0, 0.1) is 6.92 Å². The van der Waals surface area contributed by atoms with E-state index in [1.54, 1.807) is 18.2 Å². The molecule has 1 aromatic carbocycles. The van der Waals surface area contributed by atoms with Crippen molar-refractivity contribution in [2.45, 2.75) is 26.8 Å². The van der Waals surface area contributed by atoms with Crippen LogP contribution in [0.2, 0.25) is 0 Å². The maximum Gasteiger partial charge on any atom is 0.251 e. The molecular weight excluding hydrogens is 266 g/mol. The maximum absolute atomic E-state index is 11.8. The zero-order chi connectivity index (χ0) is 13.7. The van der Waals surface area contributed by atoms with Gasteiger partial charge in [0.05, 0.1) is 6.54 Å². The molecule has 4 N–H and O–H groups in total. The van der Waals surface area contributed by atoms with E-state index in [1.807, 2.05) is 20.8 Å². The molecule has 6 heteroatoms. The Hall–Kier alpha value is -1.59. The number of amides is 2. The first-order valence-corrected chi connectivity index (χ1v) is 5.85. The SMILES string of the molecule is Cc1cc(NC(=O)CN)ccc1C(=O)NC(C)C.Cl. The first-order valence-electron chi connectivity index (χ1n) is 5.85. The number of carbonyl (C=O) groups is 2. The molecule has 0 atom stereocenters. The Morgan fingerprint density at radius 1 is 1.32 bits per heavy atom. The molecule has 5 nitrogen and oxygen atoms in total. The van der Waals surface area contributed by atoms with Crippen molar-refractivity contribution in [2.24, 2.45) is 5.73 Å². The van der Waals surface area contributed by atoms with Gasteiger partial charge in [-0.05, 0) is 44.5 Å². The number of hydrogen-bond donors (Lipinski definition) is 3. The van der Waals surface area contributed by atoms with E-state index < -0.39 is 0 Å². The molecule has 0 radical (unpaired) electrons. The summed E-state index contributed by atoms with van der Waals surface area (Å²) in [5.41, 5.74) is 7.27. The van der Waals surface area contributed by atoms with Crippen LogP contribution in [0.25, 0.3) is 0 Å². The molecule has 1 aromatic rings. The third-order valence-corrected chi connectivity index (χ3v) is 2.36. The second kappa shape index (κ2) is 7.76. The van der Waals surface area contributed by atoms with E-state index in [0.717, 1.165) is 5.56 Å². The topological polar surface area (TPSA) is 84.2 Å². The summed E-state index contributed by atoms with van der Waals surface area (Å²) in [7, 11) is 0. The van der Waals surface area contributed by atoms with Crippen LogP contribution in [0.3, 0.4) is 0 Å². The normalized spacial score (nSPS) is 9.74. The van der Waals surface area contributed by atoms with Crippen LogP contribution in [-0.4, -0.2) is 24.4 Å². The van der Waals surface area contributed by atoms with Gasteiger partial charge < -0.3 is 16.4 Å². The quantitative estimate of drug-likeness (QED) is 0.783. The summed E-state index contributed by atoms with van der Waals surface area (Å²) < 4.78 is 0. The Labute approximate surface area is 119 Å². The predicted molar refractivity (Wildman–Crippen MR) is 78.7 cm³/mol. The molecule has 0 saturated heterocycles. The fraction of sp³-hybridized carbons (Fsp3) is 0.385. The molecule has 0 aromatic heterocycles. The van der Waals surface area contributed by atoms with E-state index in [1.165, 1.54) is 0 Å². The maximum atomic E-state index is 11.8.